The van der Waals surface area contributed by atoms with Crippen molar-refractivity contribution in [3.8, 4) is 5.75 Å². The predicted molar refractivity (Wildman–Crippen MR) is 72.1 cm³/mol. The molecule has 1 atom stereocenters. The molecular formula is C13H17Cl2NO. The van der Waals surface area contributed by atoms with Gasteiger partial charge in [0.15, 0.2) is 0 Å². The maximum Gasteiger partial charge on any atom is 0.120 e. The molecule has 0 aliphatic heterocycles. The summed E-state index contributed by atoms with van der Waals surface area (Å²) in [6, 6.07) is 6.11. The lowest BCUT2D eigenvalue weighted by Gasteiger charge is -2.14. The summed E-state index contributed by atoms with van der Waals surface area (Å²) in [6.07, 6.45) is 2.64. The zero-order chi connectivity index (χ0) is 12.3. The quantitative estimate of drug-likeness (QED) is 0.852. The van der Waals surface area contributed by atoms with Crippen LogP contribution in [0.5, 0.6) is 5.75 Å². The monoisotopic (exact) mass is 273 g/mol. The fraction of sp³-hybridized carbons (Fsp3) is 0.538. The van der Waals surface area contributed by atoms with Crippen molar-refractivity contribution in [3.05, 3.63) is 28.2 Å². The molecule has 94 valence electrons. The first-order valence-corrected chi connectivity index (χ1v) is 6.72. The van der Waals surface area contributed by atoms with E-state index in [1.807, 2.05) is 6.07 Å². The van der Waals surface area contributed by atoms with Gasteiger partial charge >= 0.3 is 0 Å². The Kier molecular flexibility index (Phi) is 4.55. The molecule has 0 bridgehead atoms. The second-order valence-electron chi connectivity index (χ2n) is 4.67. The van der Waals surface area contributed by atoms with Crippen molar-refractivity contribution in [2.45, 2.75) is 25.8 Å². The minimum absolute atomic E-state index is 0.491. The normalized spacial score (nSPS) is 16.9. The molecule has 1 saturated carbocycles. The van der Waals surface area contributed by atoms with Crippen LogP contribution in [0, 0.1) is 5.92 Å². The first kappa shape index (κ1) is 13.0. The lowest BCUT2D eigenvalue weighted by Crippen LogP contribution is -2.26. The molecule has 0 amide bonds. The second kappa shape index (κ2) is 5.94. The third-order valence-corrected chi connectivity index (χ3v) is 3.50. The van der Waals surface area contributed by atoms with Crippen molar-refractivity contribution in [2.75, 3.05) is 13.2 Å². The summed E-state index contributed by atoms with van der Waals surface area (Å²) in [7, 11) is 0. The Morgan fingerprint density at radius 1 is 1.35 bits per heavy atom. The first-order valence-electron chi connectivity index (χ1n) is 5.96. The van der Waals surface area contributed by atoms with E-state index in [0.717, 1.165) is 18.3 Å². The van der Waals surface area contributed by atoms with Gasteiger partial charge in [-0.05, 0) is 25.0 Å². The van der Waals surface area contributed by atoms with Crippen LogP contribution in [-0.4, -0.2) is 19.2 Å². The Morgan fingerprint density at radius 3 is 2.76 bits per heavy atom. The number of ether oxygens (including phenoxy) is 1. The van der Waals surface area contributed by atoms with Gasteiger partial charge in [-0.15, -0.1) is 0 Å². The van der Waals surface area contributed by atoms with Crippen molar-refractivity contribution in [2.24, 2.45) is 5.92 Å². The number of halogens is 2. The van der Waals surface area contributed by atoms with E-state index in [4.69, 9.17) is 27.9 Å². The molecule has 0 heterocycles. The molecule has 1 aromatic carbocycles. The Morgan fingerprint density at radius 2 is 2.12 bits per heavy atom. The molecule has 0 saturated heterocycles. The molecule has 0 aromatic heterocycles. The van der Waals surface area contributed by atoms with Gasteiger partial charge in [-0.3, -0.25) is 0 Å². The van der Waals surface area contributed by atoms with Crippen LogP contribution in [0.25, 0.3) is 0 Å². The molecule has 1 unspecified atom stereocenters. The lowest BCUT2D eigenvalue weighted by atomic mass is 10.2. The molecule has 2 nitrogen and oxygen atoms in total. The highest BCUT2D eigenvalue weighted by molar-refractivity contribution is 6.42. The summed E-state index contributed by atoms with van der Waals surface area (Å²) >= 11 is 11.8. The highest BCUT2D eigenvalue weighted by Gasteiger charge is 2.20. The van der Waals surface area contributed by atoms with E-state index in [-0.39, 0.29) is 0 Å². The Bertz CT molecular complexity index is 380. The predicted octanol–water partition coefficient (Wildman–Crippen LogP) is 3.76. The molecule has 1 N–H and O–H groups in total. The number of nitrogens with one attached hydrogen (secondary N) is 1. The largest absolute Gasteiger partial charge is 0.493 e. The van der Waals surface area contributed by atoms with Crippen LogP contribution in [0.3, 0.4) is 0 Å². The van der Waals surface area contributed by atoms with Crippen molar-refractivity contribution in [1.82, 2.24) is 5.32 Å². The maximum absolute atomic E-state index is 5.92. The van der Waals surface area contributed by atoms with E-state index in [2.05, 4.69) is 12.2 Å². The number of hydrogen-bond donors (Lipinski definition) is 1. The standard InChI is InChI=1S/C13H17Cl2NO/c1-9(7-16-10-2-3-10)8-17-11-4-5-12(14)13(15)6-11/h4-6,9-10,16H,2-3,7-8H2,1H3. The van der Waals surface area contributed by atoms with Crippen LogP contribution in [-0.2, 0) is 0 Å². The Balaban J connectivity index is 1.73. The summed E-state index contributed by atoms with van der Waals surface area (Å²) in [5.74, 6) is 1.27. The summed E-state index contributed by atoms with van der Waals surface area (Å²) in [5, 5.41) is 4.58. The molecular weight excluding hydrogens is 257 g/mol. The van der Waals surface area contributed by atoms with Crippen LogP contribution >= 0.6 is 23.2 Å². The Hall–Kier alpha value is -0.440. The van der Waals surface area contributed by atoms with Crippen LogP contribution < -0.4 is 10.1 Å². The van der Waals surface area contributed by atoms with Crippen LogP contribution in [0.1, 0.15) is 19.8 Å². The fourth-order valence-corrected chi connectivity index (χ4v) is 1.81. The first-order chi connectivity index (χ1) is 8.15. The average Bonchev–Trinajstić information content (AvgIpc) is 3.12. The number of benzene rings is 1. The van der Waals surface area contributed by atoms with E-state index in [1.54, 1.807) is 12.1 Å². The van der Waals surface area contributed by atoms with Crippen molar-refractivity contribution < 1.29 is 4.74 Å². The van der Waals surface area contributed by atoms with Crippen LogP contribution in [0.4, 0.5) is 0 Å². The van der Waals surface area contributed by atoms with E-state index >= 15 is 0 Å². The van der Waals surface area contributed by atoms with Crippen LogP contribution in [0.15, 0.2) is 18.2 Å². The van der Waals surface area contributed by atoms with Gasteiger partial charge in [0.05, 0.1) is 16.7 Å². The summed E-state index contributed by atoms with van der Waals surface area (Å²) in [5.41, 5.74) is 0. The maximum atomic E-state index is 5.92. The molecule has 17 heavy (non-hydrogen) atoms. The summed E-state index contributed by atoms with van der Waals surface area (Å²) < 4.78 is 5.67. The molecule has 1 aliphatic carbocycles. The number of rotatable bonds is 6. The lowest BCUT2D eigenvalue weighted by molar-refractivity contribution is 0.255. The fourth-order valence-electron chi connectivity index (χ4n) is 1.52. The third-order valence-electron chi connectivity index (χ3n) is 2.76. The second-order valence-corrected chi connectivity index (χ2v) is 5.49. The molecule has 1 aromatic rings. The van der Waals surface area contributed by atoms with E-state index in [1.165, 1.54) is 12.8 Å². The summed E-state index contributed by atoms with van der Waals surface area (Å²) in [4.78, 5) is 0. The highest BCUT2D eigenvalue weighted by Crippen LogP contribution is 2.26. The molecule has 4 heteroatoms. The minimum Gasteiger partial charge on any atom is -0.493 e. The van der Waals surface area contributed by atoms with E-state index in [0.29, 0.717) is 22.6 Å². The topological polar surface area (TPSA) is 21.3 Å². The number of hydrogen-bond acceptors (Lipinski definition) is 2. The molecule has 1 fully saturated rings. The van der Waals surface area contributed by atoms with Crippen molar-refractivity contribution in [1.29, 1.82) is 0 Å². The van der Waals surface area contributed by atoms with Crippen molar-refractivity contribution >= 4 is 23.2 Å². The minimum atomic E-state index is 0.491. The smallest absolute Gasteiger partial charge is 0.120 e. The third kappa shape index (κ3) is 4.38. The van der Waals surface area contributed by atoms with Gasteiger partial charge in [-0.2, -0.15) is 0 Å². The summed E-state index contributed by atoms with van der Waals surface area (Å²) in [6.45, 7) is 3.87. The molecule has 0 spiro atoms. The molecule has 2 rings (SSSR count). The van der Waals surface area contributed by atoms with Gasteiger partial charge in [0.2, 0.25) is 0 Å². The van der Waals surface area contributed by atoms with Crippen LogP contribution in [0.2, 0.25) is 10.0 Å². The van der Waals surface area contributed by atoms with Gasteiger partial charge in [-0.25, -0.2) is 0 Å². The van der Waals surface area contributed by atoms with E-state index in [9.17, 15) is 0 Å². The van der Waals surface area contributed by atoms with Gasteiger partial charge in [-0.1, -0.05) is 30.1 Å². The molecule has 0 radical (unpaired) electrons. The zero-order valence-electron chi connectivity index (χ0n) is 9.88. The van der Waals surface area contributed by atoms with Gasteiger partial charge < -0.3 is 10.1 Å². The Labute approximate surface area is 112 Å². The molecule has 1 aliphatic rings. The zero-order valence-corrected chi connectivity index (χ0v) is 11.4. The SMILES string of the molecule is CC(CNC1CC1)COc1ccc(Cl)c(Cl)c1. The van der Waals surface area contributed by atoms with E-state index < -0.39 is 0 Å². The highest BCUT2D eigenvalue weighted by atomic mass is 35.5. The van der Waals surface area contributed by atoms with Crippen molar-refractivity contribution in [3.63, 3.8) is 0 Å². The van der Waals surface area contributed by atoms with Gasteiger partial charge in [0.25, 0.3) is 0 Å². The average molecular weight is 274 g/mol. The van der Waals surface area contributed by atoms with Gasteiger partial charge in [0.1, 0.15) is 5.75 Å². The van der Waals surface area contributed by atoms with Gasteiger partial charge in [0, 0.05) is 24.6 Å².